The number of rotatable bonds is 5. The number of benzene rings is 1. The van der Waals surface area contributed by atoms with Crippen LogP contribution in [0.2, 0.25) is 5.02 Å². The molecule has 0 aliphatic heterocycles. The first-order chi connectivity index (χ1) is 11.0. The molecule has 1 aromatic carbocycles. The average molecular weight is 351 g/mol. The highest BCUT2D eigenvalue weighted by molar-refractivity contribution is 7.13. The molecule has 0 fully saturated rings. The van der Waals surface area contributed by atoms with E-state index in [0.717, 1.165) is 4.88 Å². The maximum Gasteiger partial charge on any atom is 0.312 e. The molecule has 0 saturated carbocycles. The molecule has 0 saturated heterocycles. The van der Waals surface area contributed by atoms with E-state index in [1.807, 2.05) is 17.5 Å². The van der Waals surface area contributed by atoms with Crippen LogP contribution in [0.5, 0.6) is 5.75 Å². The van der Waals surface area contributed by atoms with Gasteiger partial charge in [0.1, 0.15) is 18.1 Å². The SMILES string of the molecule is Cc1oc(-c2cccs2)nc1COc1ccc(Cl)cc1[N+](=O)[O-]. The Hall–Kier alpha value is -2.38. The second-order valence-corrected chi connectivity index (χ2v) is 6.04. The molecule has 118 valence electrons. The molecule has 0 N–H and O–H groups in total. The number of thiophene rings is 1. The van der Waals surface area contributed by atoms with Gasteiger partial charge in [0.2, 0.25) is 5.89 Å². The molecule has 0 bridgehead atoms. The summed E-state index contributed by atoms with van der Waals surface area (Å²) >= 11 is 7.30. The van der Waals surface area contributed by atoms with Crippen molar-refractivity contribution in [3.05, 3.63) is 62.3 Å². The van der Waals surface area contributed by atoms with E-state index in [1.54, 1.807) is 6.92 Å². The summed E-state index contributed by atoms with van der Waals surface area (Å²) < 4.78 is 11.1. The van der Waals surface area contributed by atoms with Crippen LogP contribution in [0.3, 0.4) is 0 Å². The van der Waals surface area contributed by atoms with Gasteiger partial charge < -0.3 is 9.15 Å². The van der Waals surface area contributed by atoms with Crippen LogP contribution in [0.25, 0.3) is 10.8 Å². The third-order valence-corrected chi connectivity index (χ3v) is 4.20. The molecule has 0 aliphatic rings. The Labute approximate surface area is 140 Å². The van der Waals surface area contributed by atoms with Gasteiger partial charge in [0.15, 0.2) is 5.75 Å². The van der Waals surface area contributed by atoms with Crippen LogP contribution in [0.15, 0.2) is 40.1 Å². The van der Waals surface area contributed by atoms with Crippen molar-refractivity contribution >= 4 is 28.6 Å². The third kappa shape index (κ3) is 3.35. The number of oxazole rings is 1. The topological polar surface area (TPSA) is 78.4 Å². The van der Waals surface area contributed by atoms with Crippen molar-refractivity contribution < 1.29 is 14.1 Å². The van der Waals surface area contributed by atoms with Crippen molar-refractivity contribution in [2.45, 2.75) is 13.5 Å². The molecule has 0 atom stereocenters. The van der Waals surface area contributed by atoms with E-state index in [4.69, 9.17) is 20.8 Å². The fourth-order valence-electron chi connectivity index (χ4n) is 1.97. The zero-order valence-electron chi connectivity index (χ0n) is 12.0. The molecule has 2 aromatic heterocycles. The fourth-order valence-corrected chi connectivity index (χ4v) is 2.78. The molecule has 0 unspecified atom stereocenters. The second-order valence-electron chi connectivity index (χ2n) is 4.66. The molecule has 23 heavy (non-hydrogen) atoms. The normalized spacial score (nSPS) is 10.7. The maximum absolute atomic E-state index is 11.0. The van der Waals surface area contributed by atoms with Gasteiger partial charge in [-0.25, -0.2) is 4.98 Å². The number of nitro benzene ring substituents is 1. The maximum atomic E-state index is 11.0. The lowest BCUT2D eigenvalue weighted by Crippen LogP contribution is -2.00. The minimum absolute atomic E-state index is 0.0726. The molecule has 0 amide bonds. The van der Waals surface area contributed by atoms with Crippen LogP contribution < -0.4 is 4.74 Å². The Morgan fingerprint density at radius 1 is 1.43 bits per heavy atom. The Morgan fingerprint density at radius 3 is 2.96 bits per heavy atom. The van der Waals surface area contributed by atoms with E-state index in [1.165, 1.54) is 29.5 Å². The predicted molar refractivity (Wildman–Crippen MR) is 87.0 cm³/mol. The van der Waals surface area contributed by atoms with E-state index in [0.29, 0.717) is 17.3 Å². The third-order valence-electron chi connectivity index (χ3n) is 3.11. The first-order valence-electron chi connectivity index (χ1n) is 6.61. The molecule has 8 heteroatoms. The first-order valence-corrected chi connectivity index (χ1v) is 7.87. The van der Waals surface area contributed by atoms with Crippen LogP contribution in [0.1, 0.15) is 11.5 Å². The van der Waals surface area contributed by atoms with Crippen LogP contribution in [0.4, 0.5) is 5.69 Å². The van der Waals surface area contributed by atoms with Crippen molar-refractivity contribution in [3.8, 4) is 16.5 Å². The van der Waals surface area contributed by atoms with Gasteiger partial charge >= 0.3 is 5.69 Å². The second kappa shape index (κ2) is 6.39. The zero-order valence-corrected chi connectivity index (χ0v) is 13.6. The number of halogens is 1. The number of hydrogen-bond donors (Lipinski definition) is 0. The first kappa shape index (κ1) is 15.5. The van der Waals surface area contributed by atoms with Crippen molar-refractivity contribution in [1.29, 1.82) is 0 Å². The highest BCUT2D eigenvalue weighted by Gasteiger charge is 2.18. The standard InChI is InChI=1S/C15H11ClN2O4S/c1-9-11(17-15(22-9)14-3-2-6-23-14)8-21-13-5-4-10(16)7-12(13)18(19)20/h2-7H,8H2,1H3. The smallest absolute Gasteiger partial charge is 0.312 e. The fraction of sp³-hybridized carbons (Fsp3) is 0.133. The molecule has 2 heterocycles. The number of aryl methyl sites for hydroxylation is 1. The van der Waals surface area contributed by atoms with Crippen molar-refractivity contribution in [2.75, 3.05) is 0 Å². The van der Waals surface area contributed by atoms with Crippen LogP contribution in [-0.4, -0.2) is 9.91 Å². The molecular weight excluding hydrogens is 340 g/mol. The molecule has 3 aromatic rings. The Bertz CT molecular complexity index is 845. The lowest BCUT2D eigenvalue weighted by atomic mass is 10.3. The van der Waals surface area contributed by atoms with Gasteiger partial charge in [-0.05, 0) is 30.5 Å². The number of hydrogen-bond acceptors (Lipinski definition) is 6. The molecule has 0 radical (unpaired) electrons. The molecule has 6 nitrogen and oxygen atoms in total. The lowest BCUT2D eigenvalue weighted by molar-refractivity contribution is -0.385. The van der Waals surface area contributed by atoms with E-state index in [-0.39, 0.29) is 23.1 Å². The van der Waals surface area contributed by atoms with Crippen LogP contribution in [-0.2, 0) is 6.61 Å². The summed E-state index contributed by atoms with van der Waals surface area (Å²) in [5.41, 5.74) is 0.412. The predicted octanol–water partition coefficient (Wildman–Crippen LogP) is 4.85. The van der Waals surface area contributed by atoms with Gasteiger partial charge in [-0.2, -0.15) is 0 Å². The summed E-state index contributed by atoms with van der Waals surface area (Å²) in [6.07, 6.45) is 0. The number of aromatic nitrogens is 1. The van der Waals surface area contributed by atoms with Gasteiger partial charge in [0.25, 0.3) is 0 Å². The largest absolute Gasteiger partial charge is 0.480 e. The average Bonchev–Trinajstić information content (AvgIpc) is 3.15. The van der Waals surface area contributed by atoms with Gasteiger partial charge in [-0.15, -0.1) is 11.3 Å². The Morgan fingerprint density at radius 2 is 2.26 bits per heavy atom. The number of ether oxygens (including phenoxy) is 1. The highest BCUT2D eigenvalue weighted by Crippen LogP contribution is 2.31. The highest BCUT2D eigenvalue weighted by atomic mass is 35.5. The monoisotopic (exact) mass is 350 g/mol. The zero-order chi connectivity index (χ0) is 16.4. The van der Waals surface area contributed by atoms with E-state index in [9.17, 15) is 10.1 Å². The van der Waals surface area contributed by atoms with Crippen molar-refractivity contribution in [2.24, 2.45) is 0 Å². The van der Waals surface area contributed by atoms with Crippen LogP contribution >= 0.6 is 22.9 Å². The minimum atomic E-state index is -0.534. The quantitative estimate of drug-likeness (QED) is 0.485. The minimum Gasteiger partial charge on any atom is -0.480 e. The summed E-state index contributed by atoms with van der Waals surface area (Å²) in [6, 6.07) is 8.08. The summed E-state index contributed by atoms with van der Waals surface area (Å²) in [7, 11) is 0. The number of nitrogens with zero attached hydrogens (tertiary/aromatic N) is 2. The summed E-state index contributed by atoms with van der Waals surface area (Å²) in [4.78, 5) is 15.8. The van der Waals surface area contributed by atoms with Gasteiger partial charge in [-0.1, -0.05) is 17.7 Å². The Balaban J connectivity index is 1.80. The summed E-state index contributed by atoms with van der Waals surface area (Å²) in [5.74, 6) is 1.27. The van der Waals surface area contributed by atoms with E-state index in [2.05, 4.69) is 4.98 Å². The van der Waals surface area contributed by atoms with Gasteiger partial charge in [0, 0.05) is 11.1 Å². The van der Waals surface area contributed by atoms with Gasteiger partial charge in [-0.3, -0.25) is 10.1 Å². The van der Waals surface area contributed by atoms with Crippen LogP contribution in [0, 0.1) is 17.0 Å². The molecule has 0 aliphatic carbocycles. The van der Waals surface area contributed by atoms with E-state index < -0.39 is 4.92 Å². The van der Waals surface area contributed by atoms with Crippen molar-refractivity contribution in [1.82, 2.24) is 4.98 Å². The Kier molecular flexibility index (Phi) is 4.31. The lowest BCUT2D eigenvalue weighted by Gasteiger charge is -2.05. The molecular formula is C15H11ClN2O4S. The molecule has 0 spiro atoms. The number of nitro groups is 1. The van der Waals surface area contributed by atoms with E-state index >= 15 is 0 Å². The summed E-state index contributed by atoms with van der Waals surface area (Å²) in [5, 5.41) is 13.3. The van der Waals surface area contributed by atoms with Crippen molar-refractivity contribution in [3.63, 3.8) is 0 Å². The molecule has 3 rings (SSSR count). The van der Waals surface area contributed by atoms with Gasteiger partial charge in [0.05, 0.1) is 9.80 Å². The summed E-state index contributed by atoms with van der Waals surface area (Å²) in [6.45, 7) is 1.85.